The molecule has 0 fully saturated rings. The lowest BCUT2D eigenvalue weighted by Gasteiger charge is -2.03. The third-order valence-electron chi connectivity index (χ3n) is 3.06. The van der Waals surface area contributed by atoms with E-state index in [2.05, 4.69) is 10.1 Å². The smallest absolute Gasteiger partial charge is 0.260 e. The molecular weight excluding hydrogens is 274 g/mol. The average Bonchev–Trinajstić information content (AvgIpc) is 2.88. The predicted molar refractivity (Wildman–Crippen MR) is 79.3 cm³/mol. The lowest BCUT2D eigenvalue weighted by molar-refractivity contribution is 0.432. The van der Waals surface area contributed by atoms with Crippen molar-refractivity contribution in [3.05, 3.63) is 53.1 Å². The summed E-state index contributed by atoms with van der Waals surface area (Å²) >= 11 is 6.13. The number of hydrogen-bond acceptors (Lipinski definition) is 4. The number of halogens is 1. The van der Waals surface area contributed by atoms with Crippen LogP contribution in [0.1, 0.15) is 5.56 Å². The Morgan fingerprint density at radius 1 is 1.10 bits per heavy atom. The first-order valence-electron chi connectivity index (χ1n) is 6.11. The topological polar surface area (TPSA) is 64.9 Å². The molecule has 1 aromatic heterocycles. The van der Waals surface area contributed by atoms with Crippen LogP contribution in [-0.2, 0) is 0 Å². The minimum absolute atomic E-state index is 0.399. The molecule has 2 aromatic carbocycles. The van der Waals surface area contributed by atoms with Gasteiger partial charge >= 0.3 is 0 Å². The fourth-order valence-electron chi connectivity index (χ4n) is 2.06. The predicted octanol–water partition coefficient (Wildman–Crippen LogP) is 3.95. The van der Waals surface area contributed by atoms with Crippen molar-refractivity contribution >= 4 is 17.3 Å². The first-order chi connectivity index (χ1) is 9.66. The minimum atomic E-state index is 0.399. The fourth-order valence-corrected chi connectivity index (χ4v) is 2.28. The molecule has 100 valence electrons. The van der Waals surface area contributed by atoms with Crippen molar-refractivity contribution in [1.82, 2.24) is 10.1 Å². The van der Waals surface area contributed by atoms with E-state index in [0.717, 1.165) is 16.7 Å². The van der Waals surface area contributed by atoms with Gasteiger partial charge in [-0.05, 0) is 30.7 Å². The molecule has 0 aliphatic heterocycles. The van der Waals surface area contributed by atoms with E-state index in [1.807, 2.05) is 43.3 Å². The zero-order valence-corrected chi connectivity index (χ0v) is 11.6. The number of anilines is 1. The Balaban J connectivity index is 2.10. The fraction of sp³-hybridized carbons (Fsp3) is 0.0667. The molecule has 0 bridgehead atoms. The largest absolute Gasteiger partial charge is 0.398 e. The quantitative estimate of drug-likeness (QED) is 0.724. The zero-order valence-electron chi connectivity index (χ0n) is 10.8. The molecule has 20 heavy (non-hydrogen) atoms. The second kappa shape index (κ2) is 4.98. The van der Waals surface area contributed by atoms with Crippen LogP contribution in [0.2, 0.25) is 5.02 Å². The molecule has 0 amide bonds. The molecule has 0 saturated heterocycles. The number of nitrogens with zero attached hydrogens (tertiary/aromatic N) is 2. The maximum absolute atomic E-state index is 6.13. The second-order valence-corrected chi connectivity index (χ2v) is 4.85. The number of nitrogens with two attached hydrogens (primary N) is 1. The molecule has 1 heterocycles. The maximum Gasteiger partial charge on any atom is 0.260 e. The summed E-state index contributed by atoms with van der Waals surface area (Å²) in [6, 6.07) is 13.0. The Bertz CT molecular complexity index is 747. The Hall–Kier alpha value is -2.33. The van der Waals surface area contributed by atoms with Gasteiger partial charge in [0.15, 0.2) is 0 Å². The van der Waals surface area contributed by atoms with Gasteiger partial charge < -0.3 is 10.3 Å². The van der Waals surface area contributed by atoms with Crippen LogP contribution in [0.5, 0.6) is 0 Å². The number of aryl methyl sites for hydroxylation is 1. The molecule has 4 nitrogen and oxygen atoms in total. The van der Waals surface area contributed by atoms with Gasteiger partial charge in [0, 0.05) is 11.3 Å². The van der Waals surface area contributed by atoms with Crippen molar-refractivity contribution < 1.29 is 4.52 Å². The standard InChI is InChI=1S/C15H12ClN3O/c1-9-5-4-8-12(17)13(9)15-18-14(19-20-15)10-6-2-3-7-11(10)16/h2-8H,17H2,1H3. The van der Waals surface area contributed by atoms with Crippen molar-refractivity contribution in [3.63, 3.8) is 0 Å². The van der Waals surface area contributed by atoms with Gasteiger partial charge in [-0.25, -0.2) is 0 Å². The van der Waals surface area contributed by atoms with Crippen LogP contribution in [0, 0.1) is 6.92 Å². The first-order valence-corrected chi connectivity index (χ1v) is 6.48. The highest BCUT2D eigenvalue weighted by Crippen LogP contribution is 2.31. The van der Waals surface area contributed by atoms with Crippen molar-refractivity contribution in [2.24, 2.45) is 0 Å². The van der Waals surface area contributed by atoms with E-state index in [-0.39, 0.29) is 0 Å². The Morgan fingerprint density at radius 3 is 2.65 bits per heavy atom. The molecule has 0 unspecified atom stereocenters. The van der Waals surface area contributed by atoms with E-state index in [0.29, 0.717) is 22.4 Å². The summed E-state index contributed by atoms with van der Waals surface area (Å²) < 4.78 is 5.32. The highest BCUT2D eigenvalue weighted by atomic mass is 35.5. The van der Waals surface area contributed by atoms with Crippen molar-refractivity contribution in [3.8, 4) is 22.8 Å². The van der Waals surface area contributed by atoms with E-state index in [9.17, 15) is 0 Å². The second-order valence-electron chi connectivity index (χ2n) is 4.44. The molecule has 0 radical (unpaired) electrons. The number of hydrogen-bond donors (Lipinski definition) is 1. The van der Waals surface area contributed by atoms with Crippen LogP contribution in [0.3, 0.4) is 0 Å². The summed E-state index contributed by atoms with van der Waals surface area (Å²) in [5, 5.41) is 4.56. The van der Waals surface area contributed by atoms with Crippen molar-refractivity contribution in [1.29, 1.82) is 0 Å². The molecule has 0 aliphatic carbocycles. The van der Waals surface area contributed by atoms with E-state index in [4.69, 9.17) is 21.9 Å². The van der Waals surface area contributed by atoms with Crippen molar-refractivity contribution in [2.75, 3.05) is 5.73 Å². The number of rotatable bonds is 2. The number of benzene rings is 2. The van der Waals surface area contributed by atoms with Gasteiger partial charge in [0.25, 0.3) is 5.89 Å². The van der Waals surface area contributed by atoms with Crippen LogP contribution in [0.4, 0.5) is 5.69 Å². The van der Waals surface area contributed by atoms with Crippen LogP contribution in [0.25, 0.3) is 22.8 Å². The van der Waals surface area contributed by atoms with Crippen LogP contribution in [-0.4, -0.2) is 10.1 Å². The molecule has 0 atom stereocenters. The molecule has 3 rings (SSSR count). The third kappa shape index (κ3) is 2.14. The summed E-state index contributed by atoms with van der Waals surface area (Å²) in [7, 11) is 0. The summed E-state index contributed by atoms with van der Waals surface area (Å²) in [6.07, 6.45) is 0. The molecule has 3 aromatic rings. The lowest BCUT2D eigenvalue weighted by atomic mass is 10.1. The van der Waals surface area contributed by atoms with Crippen LogP contribution < -0.4 is 5.73 Å². The highest BCUT2D eigenvalue weighted by Gasteiger charge is 2.16. The van der Waals surface area contributed by atoms with Gasteiger partial charge in [0.05, 0.1) is 10.6 Å². The monoisotopic (exact) mass is 285 g/mol. The van der Waals surface area contributed by atoms with E-state index in [1.54, 1.807) is 6.07 Å². The van der Waals surface area contributed by atoms with E-state index < -0.39 is 0 Å². The van der Waals surface area contributed by atoms with Crippen molar-refractivity contribution in [2.45, 2.75) is 6.92 Å². The first kappa shape index (κ1) is 12.7. The molecular formula is C15H12ClN3O. The maximum atomic E-state index is 6.13. The molecule has 2 N–H and O–H groups in total. The van der Waals surface area contributed by atoms with Crippen LogP contribution >= 0.6 is 11.6 Å². The summed E-state index contributed by atoms with van der Waals surface area (Å²) in [4.78, 5) is 4.39. The molecule has 0 saturated carbocycles. The van der Waals surface area contributed by atoms with E-state index >= 15 is 0 Å². The van der Waals surface area contributed by atoms with Gasteiger partial charge in [-0.15, -0.1) is 0 Å². The molecule has 0 aliphatic rings. The number of nitrogen functional groups attached to an aromatic ring is 1. The zero-order chi connectivity index (χ0) is 14.1. The van der Waals surface area contributed by atoms with Gasteiger partial charge in [0.2, 0.25) is 5.82 Å². The molecule has 0 spiro atoms. The Morgan fingerprint density at radius 2 is 1.90 bits per heavy atom. The minimum Gasteiger partial charge on any atom is -0.398 e. The summed E-state index contributed by atoms with van der Waals surface area (Å²) in [5.74, 6) is 0.851. The van der Waals surface area contributed by atoms with Crippen LogP contribution in [0.15, 0.2) is 47.0 Å². The Labute approximate surface area is 121 Å². The lowest BCUT2D eigenvalue weighted by Crippen LogP contribution is -1.92. The third-order valence-corrected chi connectivity index (χ3v) is 3.39. The SMILES string of the molecule is Cc1cccc(N)c1-c1nc(-c2ccccc2Cl)no1. The van der Waals surface area contributed by atoms with Gasteiger partial charge in [-0.1, -0.05) is 41.0 Å². The van der Waals surface area contributed by atoms with E-state index in [1.165, 1.54) is 0 Å². The van der Waals surface area contributed by atoms with Gasteiger partial charge in [0.1, 0.15) is 0 Å². The Kier molecular flexibility index (Phi) is 3.16. The summed E-state index contributed by atoms with van der Waals surface area (Å²) in [6.45, 7) is 1.95. The average molecular weight is 286 g/mol. The number of aromatic nitrogens is 2. The van der Waals surface area contributed by atoms with Gasteiger partial charge in [-0.3, -0.25) is 0 Å². The normalized spacial score (nSPS) is 10.7. The highest BCUT2D eigenvalue weighted by molar-refractivity contribution is 6.33. The summed E-state index contributed by atoms with van der Waals surface area (Å²) in [5.41, 5.74) is 9.07. The molecule has 5 heteroatoms. The van der Waals surface area contributed by atoms with Gasteiger partial charge in [-0.2, -0.15) is 4.98 Å².